The summed E-state index contributed by atoms with van der Waals surface area (Å²) >= 11 is 0. The first kappa shape index (κ1) is 8.20. The molecule has 0 aromatic rings. The highest BCUT2D eigenvalue weighted by atomic mass is 16.5. The van der Waals surface area contributed by atoms with Crippen LogP contribution in [0.25, 0.3) is 0 Å². The minimum atomic E-state index is -0.478. The Hall–Kier alpha value is -0.900. The van der Waals surface area contributed by atoms with E-state index in [1.165, 1.54) is 0 Å². The molecule has 0 aromatic carbocycles. The Morgan fingerprint density at radius 3 is 2.64 bits per heavy atom. The molecule has 4 nitrogen and oxygen atoms in total. The van der Waals surface area contributed by atoms with Crippen molar-refractivity contribution in [3.05, 3.63) is 0 Å². The maximum atomic E-state index is 11.0. The molecule has 1 fully saturated rings. The van der Waals surface area contributed by atoms with Gasteiger partial charge in [-0.3, -0.25) is 14.8 Å². The van der Waals surface area contributed by atoms with Crippen molar-refractivity contribution in [1.29, 1.82) is 0 Å². The molecule has 0 bridgehead atoms. The van der Waals surface area contributed by atoms with E-state index < -0.39 is 11.8 Å². The van der Waals surface area contributed by atoms with Crippen molar-refractivity contribution in [2.24, 2.45) is 5.92 Å². The van der Waals surface area contributed by atoms with Gasteiger partial charge in [-0.05, 0) is 6.42 Å². The summed E-state index contributed by atoms with van der Waals surface area (Å²) in [5, 5.41) is 9.03. The number of rotatable bonds is 2. The molecule has 0 aliphatic carbocycles. The summed E-state index contributed by atoms with van der Waals surface area (Å²) in [5.41, 5.74) is 0. The van der Waals surface area contributed by atoms with Crippen LogP contribution < -0.4 is 0 Å². The van der Waals surface area contributed by atoms with Crippen molar-refractivity contribution in [2.75, 3.05) is 0 Å². The topological polar surface area (TPSA) is 57.6 Å². The number of hydrogen-bond acceptors (Lipinski definition) is 3. The second-order valence-corrected chi connectivity index (χ2v) is 2.73. The van der Waals surface area contributed by atoms with Gasteiger partial charge in [-0.2, -0.15) is 5.06 Å². The number of amides is 2. The lowest BCUT2D eigenvalue weighted by molar-refractivity contribution is -0.172. The fourth-order valence-corrected chi connectivity index (χ4v) is 1.25. The van der Waals surface area contributed by atoms with E-state index >= 15 is 0 Å². The molecule has 1 heterocycles. The van der Waals surface area contributed by atoms with Crippen LogP contribution in [0.3, 0.4) is 0 Å². The van der Waals surface area contributed by atoms with E-state index in [2.05, 4.69) is 0 Å². The molecule has 2 amide bonds. The predicted molar refractivity (Wildman–Crippen MR) is 36.7 cm³/mol. The van der Waals surface area contributed by atoms with Crippen LogP contribution in [0.2, 0.25) is 0 Å². The van der Waals surface area contributed by atoms with Gasteiger partial charge in [0.15, 0.2) is 0 Å². The van der Waals surface area contributed by atoms with E-state index in [0.717, 1.165) is 6.42 Å². The maximum absolute atomic E-state index is 11.0. The van der Waals surface area contributed by atoms with Gasteiger partial charge in [0.05, 0.1) is 0 Å². The molecule has 4 heteroatoms. The Balaban J connectivity index is 2.60. The van der Waals surface area contributed by atoms with Crippen molar-refractivity contribution in [1.82, 2.24) is 5.06 Å². The molecule has 0 aromatic heterocycles. The molecule has 0 spiro atoms. The standard InChI is InChI=1S/C7H11NO3/c1-2-3-5-4-6(9)8(11)7(5)10/h5,11H,2-4H2,1H3. The fourth-order valence-electron chi connectivity index (χ4n) is 1.25. The number of hydrogen-bond donors (Lipinski definition) is 1. The molecular weight excluding hydrogens is 146 g/mol. The van der Waals surface area contributed by atoms with Gasteiger partial charge in [0.1, 0.15) is 0 Å². The lowest BCUT2D eigenvalue weighted by Crippen LogP contribution is -2.26. The zero-order valence-electron chi connectivity index (χ0n) is 6.41. The average molecular weight is 157 g/mol. The average Bonchev–Trinajstić information content (AvgIpc) is 2.19. The zero-order chi connectivity index (χ0) is 8.43. The third kappa shape index (κ3) is 1.40. The van der Waals surface area contributed by atoms with Gasteiger partial charge in [-0.1, -0.05) is 13.3 Å². The SMILES string of the molecule is CCCC1CC(=O)N(O)C1=O. The quantitative estimate of drug-likeness (QED) is 0.470. The first-order valence-corrected chi connectivity index (χ1v) is 3.72. The molecule has 1 aliphatic heterocycles. The number of imide groups is 1. The highest BCUT2D eigenvalue weighted by Crippen LogP contribution is 2.21. The van der Waals surface area contributed by atoms with Crippen LogP contribution in [0.5, 0.6) is 0 Å². The van der Waals surface area contributed by atoms with Crippen molar-refractivity contribution < 1.29 is 14.8 Å². The molecule has 1 aliphatic rings. The Morgan fingerprint density at radius 1 is 1.64 bits per heavy atom. The molecule has 0 radical (unpaired) electrons. The molecule has 1 rings (SSSR count). The van der Waals surface area contributed by atoms with E-state index in [0.29, 0.717) is 6.42 Å². The van der Waals surface area contributed by atoms with Gasteiger partial charge in [0, 0.05) is 12.3 Å². The molecule has 1 saturated heterocycles. The third-order valence-corrected chi connectivity index (χ3v) is 1.85. The minimum absolute atomic E-state index is 0.170. The Morgan fingerprint density at radius 2 is 2.27 bits per heavy atom. The first-order chi connectivity index (χ1) is 5.16. The molecular formula is C7H11NO3. The van der Waals surface area contributed by atoms with Gasteiger partial charge in [-0.25, -0.2) is 0 Å². The summed E-state index contributed by atoms with van der Waals surface area (Å²) in [4.78, 5) is 21.7. The highest BCUT2D eigenvalue weighted by molar-refractivity contribution is 6.02. The normalized spacial score (nSPS) is 24.9. The third-order valence-electron chi connectivity index (χ3n) is 1.85. The van der Waals surface area contributed by atoms with Crippen LogP contribution in [0.4, 0.5) is 0 Å². The zero-order valence-corrected chi connectivity index (χ0v) is 6.41. The second kappa shape index (κ2) is 3.00. The predicted octanol–water partition coefficient (Wildman–Crippen LogP) is 0.551. The Bertz CT molecular complexity index is 190. The van der Waals surface area contributed by atoms with Gasteiger partial charge in [0.2, 0.25) is 0 Å². The van der Waals surface area contributed by atoms with Crippen LogP contribution in [-0.4, -0.2) is 22.1 Å². The molecule has 62 valence electrons. The Kier molecular flexibility index (Phi) is 2.24. The maximum Gasteiger partial charge on any atom is 0.256 e. The first-order valence-electron chi connectivity index (χ1n) is 3.72. The summed E-state index contributed by atoms with van der Waals surface area (Å²) in [7, 11) is 0. The highest BCUT2D eigenvalue weighted by Gasteiger charge is 2.36. The lowest BCUT2D eigenvalue weighted by Gasteiger charge is -2.04. The van der Waals surface area contributed by atoms with Gasteiger partial charge < -0.3 is 0 Å². The summed E-state index contributed by atoms with van der Waals surface area (Å²) in [5.74, 6) is -1.21. The van der Waals surface area contributed by atoms with Crippen LogP contribution in [0, 0.1) is 5.92 Å². The summed E-state index contributed by atoms with van der Waals surface area (Å²) in [6, 6.07) is 0. The van der Waals surface area contributed by atoms with Crippen LogP contribution in [-0.2, 0) is 9.59 Å². The summed E-state index contributed by atoms with van der Waals surface area (Å²) in [6.07, 6.45) is 1.71. The molecule has 1 N–H and O–H groups in total. The van der Waals surface area contributed by atoms with E-state index in [1.54, 1.807) is 0 Å². The summed E-state index contributed by atoms with van der Waals surface area (Å²) in [6.45, 7) is 1.94. The fraction of sp³-hybridized carbons (Fsp3) is 0.714. The number of nitrogens with zero attached hydrogens (tertiary/aromatic N) is 1. The molecule has 11 heavy (non-hydrogen) atoms. The van der Waals surface area contributed by atoms with E-state index in [4.69, 9.17) is 5.21 Å². The van der Waals surface area contributed by atoms with Gasteiger partial charge in [-0.15, -0.1) is 0 Å². The number of carbonyl (C=O) groups excluding carboxylic acids is 2. The molecule has 0 saturated carbocycles. The van der Waals surface area contributed by atoms with Crippen molar-refractivity contribution >= 4 is 11.8 Å². The van der Waals surface area contributed by atoms with Crippen molar-refractivity contribution in [2.45, 2.75) is 26.2 Å². The second-order valence-electron chi connectivity index (χ2n) is 2.73. The van der Waals surface area contributed by atoms with Crippen LogP contribution >= 0.6 is 0 Å². The largest absolute Gasteiger partial charge is 0.279 e. The van der Waals surface area contributed by atoms with Crippen LogP contribution in [0.15, 0.2) is 0 Å². The van der Waals surface area contributed by atoms with Crippen molar-refractivity contribution in [3.63, 3.8) is 0 Å². The smallest absolute Gasteiger partial charge is 0.256 e. The van der Waals surface area contributed by atoms with Gasteiger partial charge in [0.25, 0.3) is 11.8 Å². The minimum Gasteiger partial charge on any atom is -0.279 e. The Labute approximate surface area is 64.8 Å². The molecule has 1 atom stereocenters. The number of hydroxylamine groups is 2. The van der Waals surface area contributed by atoms with E-state index in [-0.39, 0.29) is 17.4 Å². The monoisotopic (exact) mass is 157 g/mol. The lowest BCUT2D eigenvalue weighted by atomic mass is 10.0. The van der Waals surface area contributed by atoms with E-state index in [9.17, 15) is 9.59 Å². The van der Waals surface area contributed by atoms with E-state index in [1.807, 2.05) is 6.92 Å². The van der Waals surface area contributed by atoms with Crippen molar-refractivity contribution in [3.8, 4) is 0 Å². The van der Waals surface area contributed by atoms with Gasteiger partial charge >= 0.3 is 0 Å². The molecule has 1 unspecified atom stereocenters. The van der Waals surface area contributed by atoms with Crippen LogP contribution in [0.1, 0.15) is 26.2 Å². The number of carbonyl (C=O) groups is 2. The summed E-state index contributed by atoms with van der Waals surface area (Å²) < 4.78 is 0.